The molecule has 0 radical (unpaired) electrons. The van der Waals surface area contributed by atoms with Crippen LogP contribution >= 0.6 is 0 Å². The normalized spacial score (nSPS) is 15.4. The van der Waals surface area contributed by atoms with Gasteiger partial charge in [0.2, 0.25) is 11.8 Å². The minimum atomic E-state index is -0.449. The van der Waals surface area contributed by atoms with Gasteiger partial charge in [0.05, 0.1) is 5.56 Å². The van der Waals surface area contributed by atoms with Gasteiger partial charge in [0.15, 0.2) is 12.6 Å². The quantitative estimate of drug-likeness (QED) is 0.433. The Labute approximate surface area is 244 Å². The first-order chi connectivity index (χ1) is 19.5. The van der Waals surface area contributed by atoms with Crippen molar-refractivity contribution in [1.29, 1.82) is 0 Å². The lowest BCUT2D eigenvalue weighted by molar-refractivity contribution is -0.134. The van der Waals surface area contributed by atoms with Gasteiger partial charge in [-0.15, -0.1) is 0 Å². The van der Waals surface area contributed by atoms with Gasteiger partial charge in [-0.1, -0.05) is 31.4 Å². The van der Waals surface area contributed by atoms with E-state index in [1.165, 1.54) is 31.4 Å². The number of benzene rings is 2. The van der Waals surface area contributed by atoms with E-state index in [9.17, 15) is 23.6 Å². The largest absolute Gasteiger partial charge is 0.371 e. The van der Waals surface area contributed by atoms with Crippen LogP contribution in [0.2, 0.25) is 0 Å². The van der Waals surface area contributed by atoms with Crippen LogP contribution in [0.4, 0.5) is 10.1 Å². The summed E-state index contributed by atoms with van der Waals surface area (Å²) in [5, 5.41) is 0. The number of amides is 2. The van der Waals surface area contributed by atoms with E-state index in [4.69, 9.17) is 0 Å². The Bertz CT molecular complexity index is 1170. The molecule has 8 heteroatoms. The number of carbonyl (C=O) groups excluding carboxylic acids is 4. The van der Waals surface area contributed by atoms with Crippen molar-refractivity contribution < 1.29 is 23.6 Å². The third-order valence-corrected chi connectivity index (χ3v) is 7.62. The molecule has 2 fully saturated rings. The summed E-state index contributed by atoms with van der Waals surface area (Å²) in [6, 6.07) is 10.4. The lowest BCUT2D eigenvalue weighted by atomic mass is 9.88. The Kier molecular flexibility index (Phi) is 13.7. The number of carbonyl (C=O) groups is 4. The van der Waals surface area contributed by atoms with Gasteiger partial charge < -0.3 is 14.7 Å². The smallest absolute Gasteiger partial charge is 0.225 e. The van der Waals surface area contributed by atoms with E-state index in [1.54, 1.807) is 36.9 Å². The second kappa shape index (κ2) is 16.7. The Balaban J connectivity index is 0.000000236. The van der Waals surface area contributed by atoms with Crippen LogP contribution in [0.5, 0.6) is 0 Å². The maximum absolute atomic E-state index is 12.6. The highest BCUT2D eigenvalue weighted by Gasteiger charge is 2.27. The van der Waals surface area contributed by atoms with E-state index < -0.39 is 5.82 Å². The number of nitrogens with zero attached hydrogens (tertiary/aromatic N) is 3. The number of aldehydes is 2. The molecule has 2 aromatic carbocycles. The molecule has 2 aromatic rings. The zero-order valence-electron chi connectivity index (χ0n) is 25.5. The number of aryl methyl sites for hydroxylation is 2. The van der Waals surface area contributed by atoms with E-state index in [-0.39, 0.29) is 17.4 Å². The highest BCUT2D eigenvalue weighted by Crippen LogP contribution is 2.27. The van der Waals surface area contributed by atoms with Crippen molar-refractivity contribution in [2.45, 2.75) is 58.8 Å². The zero-order chi connectivity index (χ0) is 30.5. The van der Waals surface area contributed by atoms with Crippen LogP contribution in [-0.2, 0) is 9.59 Å². The fourth-order valence-corrected chi connectivity index (χ4v) is 5.20. The Hall–Kier alpha value is -3.55. The summed E-state index contributed by atoms with van der Waals surface area (Å²) >= 11 is 0. The minimum Gasteiger partial charge on any atom is -0.371 e. The van der Waals surface area contributed by atoms with Crippen LogP contribution in [0.3, 0.4) is 0 Å². The number of anilines is 1. The van der Waals surface area contributed by atoms with Crippen molar-refractivity contribution in [2.75, 3.05) is 46.2 Å². The first-order valence-electron chi connectivity index (χ1n) is 14.4. The second-order valence-corrected chi connectivity index (χ2v) is 11.4. The van der Waals surface area contributed by atoms with Crippen molar-refractivity contribution >= 4 is 30.1 Å². The molecule has 7 nitrogen and oxygen atoms in total. The van der Waals surface area contributed by atoms with Crippen LogP contribution < -0.4 is 4.90 Å². The van der Waals surface area contributed by atoms with E-state index in [1.807, 2.05) is 33.2 Å². The van der Waals surface area contributed by atoms with Crippen molar-refractivity contribution in [3.63, 3.8) is 0 Å². The molecule has 41 heavy (non-hydrogen) atoms. The van der Waals surface area contributed by atoms with Crippen molar-refractivity contribution in [1.82, 2.24) is 9.80 Å². The predicted octanol–water partition coefficient (Wildman–Crippen LogP) is 5.71. The molecule has 0 spiro atoms. The van der Waals surface area contributed by atoms with Crippen LogP contribution in [0.25, 0.3) is 0 Å². The van der Waals surface area contributed by atoms with Gasteiger partial charge in [-0.05, 0) is 74.9 Å². The number of halogens is 1. The van der Waals surface area contributed by atoms with Gasteiger partial charge in [0.25, 0.3) is 0 Å². The fourth-order valence-electron chi connectivity index (χ4n) is 5.20. The summed E-state index contributed by atoms with van der Waals surface area (Å²) in [5.74, 6) is 0.536. The summed E-state index contributed by atoms with van der Waals surface area (Å²) in [6.45, 7) is 5.46. The number of piperidine rings is 1. The lowest BCUT2D eigenvalue weighted by Crippen LogP contribution is -2.40. The fraction of sp³-hybridized carbons (Fsp3) is 0.515. The summed E-state index contributed by atoms with van der Waals surface area (Å²) in [4.78, 5) is 50.3. The van der Waals surface area contributed by atoms with Gasteiger partial charge >= 0.3 is 0 Å². The van der Waals surface area contributed by atoms with Crippen LogP contribution in [0, 0.1) is 31.5 Å². The third-order valence-electron chi connectivity index (χ3n) is 7.62. The standard InChI is InChI=1S/C16H22N2O2.C9H17NO.C8H7FO/c1-12-4-5-14(11-19)15(10-12)18-8-6-13(7-9-18)16(20)17(2)3;1-10(2)9(11)8-6-4-3-5-7-8;1-6-2-3-7(5-10)8(9)4-6/h4-5,10-11,13H,6-9H2,1-3H3;8H,3-7H2,1-2H3;2-5H,1H3. The molecule has 0 bridgehead atoms. The highest BCUT2D eigenvalue weighted by molar-refractivity contribution is 5.85. The SMILES string of the molecule is CN(C)C(=O)C1CCCCC1.Cc1ccc(C=O)c(F)c1.Cc1ccc(C=O)c(N2CCC(C(=O)N(C)C)CC2)c1. The zero-order valence-corrected chi connectivity index (χ0v) is 25.5. The van der Waals surface area contributed by atoms with Crippen LogP contribution in [0.15, 0.2) is 36.4 Å². The van der Waals surface area contributed by atoms with Gasteiger partial charge in [-0.3, -0.25) is 19.2 Å². The first-order valence-corrected chi connectivity index (χ1v) is 14.4. The predicted molar refractivity (Wildman–Crippen MR) is 162 cm³/mol. The molecule has 224 valence electrons. The maximum atomic E-state index is 12.6. The van der Waals surface area contributed by atoms with Crippen LogP contribution in [-0.4, -0.2) is 75.5 Å². The average molecular weight is 568 g/mol. The molecule has 2 aliphatic rings. The van der Waals surface area contributed by atoms with Gasteiger partial charge in [0, 0.05) is 64.4 Å². The van der Waals surface area contributed by atoms with Gasteiger partial charge in [-0.2, -0.15) is 0 Å². The monoisotopic (exact) mass is 567 g/mol. The van der Waals surface area contributed by atoms with Crippen molar-refractivity contribution in [3.8, 4) is 0 Å². The summed E-state index contributed by atoms with van der Waals surface area (Å²) in [6.07, 6.45) is 9.13. The van der Waals surface area contributed by atoms with Crippen LogP contribution in [0.1, 0.15) is 76.8 Å². The van der Waals surface area contributed by atoms with Crippen molar-refractivity contribution in [3.05, 3.63) is 64.5 Å². The molecule has 0 atom stereocenters. The molecule has 1 saturated heterocycles. The Morgan fingerprint density at radius 1 is 0.732 bits per heavy atom. The molecule has 0 N–H and O–H groups in total. The number of hydrogen-bond acceptors (Lipinski definition) is 5. The second-order valence-electron chi connectivity index (χ2n) is 11.4. The van der Waals surface area contributed by atoms with E-state index in [2.05, 4.69) is 11.0 Å². The molecule has 0 aromatic heterocycles. The van der Waals surface area contributed by atoms with E-state index in [0.29, 0.717) is 18.1 Å². The summed E-state index contributed by atoms with van der Waals surface area (Å²) in [5.41, 5.74) is 3.81. The number of rotatable bonds is 5. The lowest BCUT2D eigenvalue weighted by Gasteiger charge is -2.34. The van der Waals surface area contributed by atoms with Gasteiger partial charge in [0.1, 0.15) is 5.82 Å². The molecule has 2 amide bonds. The molecule has 1 saturated carbocycles. The Morgan fingerprint density at radius 3 is 1.66 bits per heavy atom. The number of hydrogen-bond donors (Lipinski definition) is 0. The average Bonchev–Trinajstić information content (AvgIpc) is 2.97. The molecular weight excluding hydrogens is 521 g/mol. The molecule has 0 unspecified atom stereocenters. The topological polar surface area (TPSA) is 78.0 Å². The summed E-state index contributed by atoms with van der Waals surface area (Å²) < 4.78 is 12.6. The van der Waals surface area contributed by atoms with Gasteiger partial charge in [-0.25, -0.2) is 4.39 Å². The molecule has 1 aliphatic heterocycles. The van der Waals surface area contributed by atoms with Crippen molar-refractivity contribution in [2.24, 2.45) is 11.8 Å². The summed E-state index contributed by atoms with van der Waals surface area (Å²) in [7, 11) is 7.30. The third kappa shape index (κ3) is 10.4. The van der Waals surface area contributed by atoms with E-state index in [0.717, 1.165) is 67.4 Å². The Morgan fingerprint density at radius 2 is 1.20 bits per heavy atom. The molecule has 1 heterocycles. The van der Waals surface area contributed by atoms with E-state index >= 15 is 0 Å². The molecule has 1 aliphatic carbocycles. The molecular formula is C33H46FN3O4. The minimum absolute atomic E-state index is 0.116. The molecule has 4 rings (SSSR count). The first kappa shape index (κ1) is 33.7. The highest BCUT2D eigenvalue weighted by atomic mass is 19.1. The maximum Gasteiger partial charge on any atom is 0.225 e.